The number of aromatic hydroxyl groups is 1. The predicted molar refractivity (Wildman–Crippen MR) is 258 cm³/mol. The highest BCUT2D eigenvalue weighted by molar-refractivity contribution is 5.97. The van der Waals surface area contributed by atoms with Crippen molar-refractivity contribution in [2.45, 2.75) is 98.6 Å². The van der Waals surface area contributed by atoms with Crippen LogP contribution in [0, 0.1) is 6.85 Å². The highest BCUT2D eigenvalue weighted by Gasteiger charge is 2.24. The van der Waals surface area contributed by atoms with Crippen LogP contribution in [0.4, 0.5) is 0 Å². The number of phenols is 1. The maximum absolute atomic E-state index is 11.5. The van der Waals surface area contributed by atoms with Crippen LogP contribution in [-0.4, -0.2) is 19.6 Å². The van der Waals surface area contributed by atoms with E-state index >= 15 is 0 Å². The molecule has 0 saturated carbocycles. The Hall–Kier alpha value is -6.26. The molecule has 0 aliphatic carbocycles. The average Bonchev–Trinajstić information content (AvgIpc) is 3.92. The Morgan fingerprint density at radius 1 is 0.672 bits per heavy atom. The van der Waals surface area contributed by atoms with E-state index in [0.29, 0.717) is 38.9 Å². The Labute approximate surface area is 386 Å². The quantitative estimate of drug-likeness (QED) is 0.166. The molecule has 8 aromatic rings. The van der Waals surface area contributed by atoms with E-state index in [1.54, 1.807) is 73.0 Å². The molecule has 0 spiro atoms. The fourth-order valence-electron chi connectivity index (χ4n) is 7.72. The second kappa shape index (κ2) is 16.0. The van der Waals surface area contributed by atoms with Crippen molar-refractivity contribution in [1.82, 2.24) is 14.5 Å². The zero-order valence-corrected chi connectivity index (χ0v) is 35.6. The van der Waals surface area contributed by atoms with Crippen LogP contribution in [-0.2, 0) is 10.8 Å². The van der Waals surface area contributed by atoms with Crippen LogP contribution in [0.3, 0.4) is 0 Å². The number of fused-ring (bicyclic) bond motifs is 1. The van der Waals surface area contributed by atoms with E-state index < -0.39 is 96.4 Å². The van der Waals surface area contributed by atoms with Crippen LogP contribution in [0.15, 0.2) is 139 Å². The van der Waals surface area contributed by atoms with Gasteiger partial charge in [0, 0.05) is 31.0 Å². The fraction of sp³-hybridized carbons (Fsp3) is 0.263. The lowest BCUT2D eigenvalue weighted by Crippen LogP contribution is -2.11. The number of aryl methyl sites for hydroxylation is 1. The van der Waals surface area contributed by atoms with Gasteiger partial charge in [0.2, 0.25) is 0 Å². The first-order valence-electron chi connectivity index (χ1n) is 28.8. The monoisotopic (exact) mass is 819 g/mol. The summed E-state index contributed by atoms with van der Waals surface area (Å²) in [7, 11) is 0. The zero-order chi connectivity index (χ0) is 57.9. The Bertz CT molecular complexity index is 3660. The molecule has 0 unspecified atom stereocenters. The summed E-state index contributed by atoms with van der Waals surface area (Å²) in [4.78, 5) is 9.60. The van der Waals surface area contributed by atoms with Crippen molar-refractivity contribution in [1.29, 1.82) is 0 Å². The van der Waals surface area contributed by atoms with Crippen LogP contribution >= 0.6 is 0 Å². The van der Waals surface area contributed by atoms with Crippen LogP contribution < -0.4 is 0 Å². The molecular weight excluding hydrogens is 743 g/mol. The topological polar surface area (TPSA) is 50.9 Å². The Morgan fingerprint density at radius 3 is 2.10 bits per heavy atom. The minimum Gasteiger partial charge on any atom is -0.507 e. The third-order valence-corrected chi connectivity index (χ3v) is 11.0. The number of hydrogen-bond acceptors (Lipinski definition) is 3. The summed E-state index contributed by atoms with van der Waals surface area (Å²) in [5.41, 5.74) is 0.773. The summed E-state index contributed by atoms with van der Waals surface area (Å²) in [6.07, 6.45) is -0.689. The number of imidazole rings is 1. The summed E-state index contributed by atoms with van der Waals surface area (Å²) in [6.45, 7) is 5.03. The second-order valence-corrected chi connectivity index (χ2v) is 17.2. The van der Waals surface area contributed by atoms with E-state index in [9.17, 15) is 6.48 Å². The van der Waals surface area contributed by atoms with Gasteiger partial charge >= 0.3 is 0 Å². The van der Waals surface area contributed by atoms with Gasteiger partial charge in [-0.3, -0.25) is 9.55 Å². The number of para-hydroxylation sites is 2. The van der Waals surface area contributed by atoms with Gasteiger partial charge in [-0.1, -0.05) is 148 Å². The van der Waals surface area contributed by atoms with Crippen LogP contribution in [0.5, 0.6) is 5.75 Å². The number of hydrogen-bond donors (Lipinski definition) is 1. The van der Waals surface area contributed by atoms with Crippen LogP contribution in [0.1, 0.15) is 132 Å². The van der Waals surface area contributed by atoms with Gasteiger partial charge in [0.25, 0.3) is 0 Å². The van der Waals surface area contributed by atoms with Gasteiger partial charge in [0.05, 0.1) is 37.6 Å². The molecule has 8 rings (SSSR count). The van der Waals surface area contributed by atoms with E-state index in [1.807, 2.05) is 71.0 Å². The van der Waals surface area contributed by atoms with Crippen LogP contribution in [0.25, 0.3) is 72.7 Å². The van der Waals surface area contributed by atoms with Crippen molar-refractivity contribution in [2.75, 3.05) is 0 Å². The molecule has 1 N–H and O–H groups in total. The molecule has 0 bridgehead atoms. The van der Waals surface area contributed by atoms with Gasteiger partial charge < -0.3 is 5.11 Å². The van der Waals surface area contributed by atoms with Crippen molar-refractivity contribution in [2.24, 2.45) is 0 Å². The highest BCUT2D eigenvalue weighted by atomic mass is 16.3. The smallest absolute Gasteiger partial charge is 0.149 e. The van der Waals surface area contributed by atoms with Gasteiger partial charge in [-0.2, -0.15) is 0 Å². The summed E-state index contributed by atoms with van der Waals surface area (Å²) >= 11 is 0. The minimum atomic E-state index is -3.33. The van der Waals surface area contributed by atoms with Gasteiger partial charge in [-0.05, 0) is 140 Å². The van der Waals surface area contributed by atoms with Gasteiger partial charge in [0.15, 0.2) is 0 Å². The molecule has 2 heterocycles. The zero-order valence-electron chi connectivity index (χ0n) is 52.6. The van der Waals surface area contributed by atoms with Crippen LogP contribution in [0.2, 0.25) is 0 Å². The first kappa shape index (κ1) is 25.5. The van der Waals surface area contributed by atoms with Gasteiger partial charge in [0.1, 0.15) is 11.6 Å². The maximum atomic E-state index is 11.5. The lowest BCUT2D eigenvalue weighted by molar-refractivity contribution is 0.477. The summed E-state index contributed by atoms with van der Waals surface area (Å²) in [5, 5.41) is 11.5. The molecule has 4 heteroatoms. The molecule has 0 saturated heterocycles. The third-order valence-electron chi connectivity index (χ3n) is 11.0. The SMILES string of the molecule is [2H]c1nc(-c2cc(-c3cccc4c3nc(-c3ccccc3O)n4-c3ccc(-c4c(C(C)C)cccc4C([2H])(C)C)cc3C([2H])([2H])[2H])cc(C(C)(C)C)c2)c([2H])c(-c2c([2H])c([2H])c(C(C)(C([2H])([2H])[2H])C([2H])([2H])[2H])c([2H])c2[2H])c1[2H]. The molecule has 61 heavy (non-hydrogen) atoms. The Balaban J connectivity index is 1.41. The molecule has 0 radical (unpaired) electrons. The van der Waals surface area contributed by atoms with Gasteiger partial charge in [-0.25, -0.2) is 4.98 Å². The van der Waals surface area contributed by atoms with Crippen molar-refractivity contribution >= 4 is 11.0 Å². The Morgan fingerprint density at radius 2 is 1.39 bits per heavy atom. The van der Waals surface area contributed by atoms with Crippen molar-refractivity contribution < 1.29 is 28.4 Å². The number of phenolic OH excluding ortho intramolecular Hbond substituents is 1. The molecule has 0 atom stereocenters. The normalized spacial score (nSPS) is 17.0. The third kappa shape index (κ3) is 8.04. The molecule has 0 aliphatic heterocycles. The van der Waals surface area contributed by atoms with E-state index in [0.717, 1.165) is 23.6 Å². The lowest BCUT2D eigenvalue weighted by Gasteiger charge is -2.22. The van der Waals surface area contributed by atoms with Crippen molar-refractivity contribution in [3.8, 4) is 67.5 Å². The average molecular weight is 819 g/mol. The molecule has 308 valence electrons. The van der Waals surface area contributed by atoms with E-state index in [2.05, 4.69) is 4.98 Å². The second-order valence-electron chi connectivity index (χ2n) is 17.2. The van der Waals surface area contributed by atoms with Crippen molar-refractivity contribution in [3.05, 3.63) is 167 Å². The minimum absolute atomic E-state index is 0.0143. The first-order valence-corrected chi connectivity index (χ1v) is 20.3. The molecule has 4 nitrogen and oxygen atoms in total. The van der Waals surface area contributed by atoms with Gasteiger partial charge in [-0.15, -0.1) is 0 Å². The van der Waals surface area contributed by atoms with E-state index in [-0.39, 0.29) is 40.0 Å². The number of nitrogens with zero attached hydrogens (tertiary/aromatic N) is 3. The standard InChI is InChI=1S/C57H59N3O/c1-35(2)45-17-14-18-46(36(3)4)53(45)40-24-27-50(37(5)30-40)60-51-20-15-19-47(54(51)59-55(60)48-16-12-13-21-52(48)61)41-31-42(33-44(32-41)57(9,10)11)49-34-39(28-29-58-49)38-22-25-43(26-23-38)56(6,7)8/h12-36,61H,1-11H3/i5D3,6D3,7D3,22D,23D,25D,26D,28D,29D,34D,35D. The van der Waals surface area contributed by atoms with E-state index in [4.69, 9.17) is 26.9 Å². The fourth-order valence-corrected chi connectivity index (χ4v) is 7.72. The first-order chi connectivity index (χ1) is 35.9. The predicted octanol–water partition coefficient (Wildman–Crippen LogP) is 15.6. The maximum Gasteiger partial charge on any atom is 0.149 e. The molecule has 0 fully saturated rings. The highest BCUT2D eigenvalue weighted by Crippen LogP contribution is 2.42. The van der Waals surface area contributed by atoms with Crippen molar-refractivity contribution in [3.63, 3.8) is 0 Å². The lowest BCUT2D eigenvalue weighted by atomic mass is 9.83. The number of pyridine rings is 1. The molecule has 0 amide bonds. The largest absolute Gasteiger partial charge is 0.507 e. The number of rotatable bonds is 8. The summed E-state index contributed by atoms with van der Waals surface area (Å²) in [6, 6.07) is 23.2. The number of benzene rings is 6. The molecule has 2 aromatic heterocycles. The molecule has 0 aliphatic rings. The van der Waals surface area contributed by atoms with E-state index in [1.165, 1.54) is 6.07 Å². The summed E-state index contributed by atoms with van der Waals surface area (Å²) in [5.74, 6) is -0.909. The summed E-state index contributed by atoms with van der Waals surface area (Å²) < 4.78 is 151. The molecular formula is C57H59N3O. The Kier molecular flexibility index (Phi) is 6.68. The number of aromatic nitrogens is 3. The molecule has 6 aromatic carbocycles.